The largest absolute Gasteiger partial charge is 0.324 e. The van der Waals surface area contributed by atoms with Crippen molar-refractivity contribution < 1.29 is 9.59 Å². The minimum atomic E-state index is -0.269. The molecule has 2 rings (SSSR count). The van der Waals surface area contributed by atoms with Crippen molar-refractivity contribution in [3.8, 4) is 0 Å². The van der Waals surface area contributed by atoms with Crippen LogP contribution in [-0.2, 0) is 9.59 Å². The van der Waals surface area contributed by atoms with Crippen LogP contribution in [-0.4, -0.2) is 18.4 Å². The number of amides is 2. The van der Waals surface area contributed by atoms with Gasteiger partial charge in [0.2, 0.25) is 11.8 Å². The second-order valence-electron chi connectivity index (χ2n) is 5.91. The number of aryl methyl sites for hydroxylation is 2. The highest BCUT2D eigenvalue weighted by molar-refractivity contribution is 6.31. The first-order chi connectivity index (χ1) is 11.3. The number of carbonyl (C=O) groups excluding carboxylic acids is 2. The summed E-state index contributed by atoms with van der Waals surface area (Å²) in [4.78, 5) is 25.9. The lowest BCUT2D eigenvalue weighted by Crippen LogP contribution is -2.36. The summed E-state index contributed by atoms with van der Waals surface area (Å²) in [6.07, 6.45) is 0. The monoisotopic (exact) mass is 344 g/mol. The molecule has 0 unspecified atom stereocenters. The van der Waals surface area contributed by atoms with Gasteiger partial charge in [-0.3, -0.25) is 9.59 Å². The van der Waals surface area contributed by atoms with Gasteiger partial charge in [0.05, 0.1) is 0 Å². The van der Waals surface area contributed by atoms with Crippen molar-refractivity contribution >= 4 is 34.8 Å². The first-order valence-electron chi connectivity index (χ1n) is 7.69. The number of nitrogens with zero attached hydrogens (tertiary/aromatic N) is 1. The van der Waals surface area contributed by atoms with Crippen LogP contribution >= 0.6 is 11.6 Å². The summed E-state index contributed by atoms with van der Waals surface area (Å²) >= 11 is 6.07. The summed E-state index contributed by atoms with van der Waals surface area (Å²) in [5.41, 5.74) is 4.26. The van der Waals surface area contributed by atoms with E-state index in [1.807, 2.05) is 39.0 Å². The molecule has 0 aliphatic rings. The third kappa shape index (κ3) is 4.36. The van der Waals surface area contributed by atoms with Gasteiger partial charge in [-0.1, -0.05) is 23.7 Å². The number of hydrogen-bond donors (Lipinski definition) is 1. The zero-order chi connectivity index (χ0) is 17.9. The van der Waals surface area contributed by atoms with Crippen molar-refractivity contribution in [2.75, 3.05) is 16.8 Å². The topological polar surface area (TPSA) is 49.4 Å². The SMILES string of the molecule is CC(=O)N(CC(=O)Nc1cccc(Cl)c1C)c1cc(C)cc(C)c1. The van der Waals surface area contributed by atoms with Crippen LogP contribution in [0.25, 0.3) is 0 Å². The van der Waals surface area contributed by atoms with Gasteiger partial charge in [0.25, 0.3) is 0 Å². The zero-order valence-corrected chi connectivity index (χ0v) is 15.1. The van der Waals surface area contributed by atoms with Gasteiger partial charge in [-0.2, -0.15) is 0 Å². The molecule has 2 amide bonds. The van der Waals surface area contributed by atoms with Gasteiger partial charge in [0.15, 0.2) is 0 Å². The van der Waals surface area contributed by atoms with Crippen LogP contribution in [0.3, 0.4) is 0 Å². The van der Waals surface area contributed by atoms with Crippen molar-refractivity contribution in [1.82, 2.24) is 0 Å². The van der Waals surface area contributed by atoms with Crippen molar-refractivity contribution in [2.24, 2.45) is 0 Å². The molecule has 5 heteroatoms. The Morgan fingerprint density at radius 1 is 1.08 bits per heavy atom. The van der Waals surface area contributed by atoms with Crippen LogP contribution < -0.4 is 10.2 Å². The van der Waals surface area contributed by atoms with E-state index in [1.54, 1.807) is 18.2 Å². The molecule has 126 valence electrons. The molecule has 0 fully saturated rings. The molecule has 0 bridgehead atoms. The molecule has 0 aliphatic carbocycles. The van der Waals surface area contributed by atoms with Crippen molar-refractivity contribution in [3.63, 3.8) is 0 Å². The van der Waals surface area contributed by atoms with E-state index in [4.69, 9.17) is 11.6 Å². The fourth-order valence-corrected chi connectivity index (χ4v) is 2.74. The standard InChI is InChI=1S/C19H21ClN2O2/c1-12-8-13(2)10-16(9-12)22(15(4)23)11-19(24)21-18-7-5-6-17(20)14(18)3/h5-10H,11H2,1-4H3,(H,21,24). The highest BCUT2D eigenvalue weighted by Gasteiger charge is 2.17. The average molecular weight is 345 g/mol. The minimum Gasteiger partial charge on any atom is -0.324 e. The molecular weight excluding hydrogens is 324 g/mol. The maximum absolute atomic E-state index is 12.4. The summed E-state index contributed by atoms with van der Waals surface area (Å²) in [5, 5.41) is 3.41. The summed E-state index contributed by atoms with van der Waals surface area (Å²) in [6, 6.07) is 11.1. The van der Waals surface area contributed by atoms with Gasteiger partial charge >= 0.3 is 0 Å². The molecular formula is C19H21ClN2O2. The van der Waals surface area contributed by atoms with Crippen LogP contribution in [0.15, 0.2) is 36.4 Å². The Morgan fingerprint density at radius 3 is 2.29 bits per heavy atom. The van der Waals surface area contributed by atoms with E-state index in [0.29, 0.717) is 10.7 Å². The summed E-state index contributed by atoms with van der Waals surface area (Å²) in [6.45, 7) is 7.17. The van der Waals surface area contributed by atoms with Crippen LogP contribution in [0.2, 0.25) is 5.02 Å². The van der Waals surface area contributed by atoms with Crippen molar-refractivity contribution in [1.29, 1.82) is 0 Å². The number of anilines is 2. The quantitative estimate of drug-likeness (QED) is 0.901. The Balaban J connectivity index is 2.20. The molecule has 24 heavy (non-hydrogen) atoms. The second-order valence-corrected chi connectivity index (χ2v) is 6.32. The zero-order valence-electron chi connectivity index (χ0n) is 14.3. The van der Waals surface area contributed by atoms with Gasteiger partial charge in [-0.05, 0) is 61.7 Å². The highest BCUT2D eigenvalue weighted by Crippen LogP contribution is 2.23. The van der Waals surface area contributed by atoms with Gasteiger partial charge in [-0.15, -0.1) is 0 Å². The first-order valence-corrected chi connectivity index (χ1v) is 8.07. The van der Waals surface area contributed by atoms with E-state index in [2.05, 4.69) is 5.32 Å². The smallest absolute Gasteiger partial charge is 0.244 e. The highest BCUT2D eigenvalue weighted by atomic mass is 35.5. The first kappa shape index (κ1) is 18.0. The molecule has 0 aliphatic heterocycles. The van der Waals surface area contributed by atoms with Gasteiger partial charge in [-0.25, -0.2) is 0 Å². The maximum Gasteiger partial charge on any atom is 0.244 e. The Labute approximate surface area is 147 Å². The number of rotatable bonds is 4. The number of hydrogen-bond acceptors (Lipinski definition) is 2. The van der Waals surface area contributed by atoms with Crippen LogP contribution in [0.4, 0.5) is 11.4 Å². The molecule has 0 atom stereocenters. The number of nitrogens with one attached hydrogen (secondary N) is 1. The van der Waals surface area contributed by atoms with E-state index in [9.17, 15) is 9.59 Å². The van der Waals surface area contributed by atoms with Crippen molar-refractivity contribution in [2.45, 2.75) is 27.7 Å². The predicted octanol–water partition coefficient (Wildman–Crippen LogP) is 4.26. The normalized spacial score (nSPS) is 10.4. The molecule has 2 aromatic rings. The molecule has 2 aromatic carbocycles. The molecule has 4 nitrogen and oxygen atoms in total. The second kappa shape index (κ2) is 7.49. The van der Waals surface area contributed by atoms with Crippen LogP contribution in [0.1, 0.15) is 23.6 Å². The van der Waals surface area contributed by atoms with E-state index in [1.165, 1.54) is 11.8 Å². The Morgan fingerprint density at radius 2 is 1.71 bits per heavy atom. The lowest BCUT2D eigenvalue weighted by Gasteiger charge is -2.22. The molecule has 0 saturated carbocycles. The number of benzene rings is 2. The predicted molar refractivity (Wildman–Crippen MR) is 98.8 cm³/mol. The summed E-state index contributed by atoms with van der Waals surface area (Å²) < 4.78 is 0. The average Bonchev–Trinajstić information content (AvgIpc) is 2.48. The van der Waals surface area contributed by atoms with E-state index in [-0.39, 0.29) is 18.4 Å². The maximum atomic E-state index is 12.4. The molecule has 0 spiro atoms. The molecule has 0 heterocycles. The van der Waals surface area contributed by atoms with Gasteiger partial charge in [0, 0.05) is 23.3 Å². The molecule has 0 saturated heterocycles. The van der Waals surface area contributed by atoms with Crippen molar-refractivity contribution in [3.05, 3.63) is 58.1 Å². The molecule has 1 N–H and O–H groups in total. The number of carbonyl (C=O) groups is 2. The van der Waals surface area contributed by atoms with Gasteiger partial charge in [0.1, 0.15) is 6.54 Å². The minimum absolute atomic E-state index is 0.0514. The summed E-state index contributed by atoms with van der Waals surface area (Å²) in [7, 11) is 0. The number of halogens is 1. The fraction of sp³-hybridized carbons (Fsp3) is 0.263. The van der Waals surface area contributed by atoms with Crippen LogP contribution in [0, 0.1) is 20.8 Å². The Hall–Kier alpha value is -2.33. The van der Waals surface area contributed by atoms with E-state index in [0.717, 1.165) is 22.4 Å². The third-order valence-corrected chi connectivity index (χ3v) is 4.15. The van der Waals surface area contributed by atoms with Crippen LogP contribution in [0.5, 0.6) is 0 Å². The van der Waals surface area contributed by atoms with E-state index < -0.39 is 0 Å². The lowest BCUT2D eigenvalue weighted by molar-refractivity contribution is -0.120. The molecule has 0 aromatic heterocycles. The van der Waals surface area contributed by atoms with E-state index >= 15 is 0 Å². The Bertz CT molecular complexity index is 767. The third-order valence-electron chi connectivity index (χ3n) is 3.74. The Kier molecular flexibility index (Phi) is 5.62. The van der Waals surface area contributed by atoms with Gasteiger partial charge < -0.3 is 10.2 Å². The summed E-state index contributed by atoms with van der Waals surface area (Å²) in [5.74, 6) is -0.451. The fourth-order valence-electron chi connectivity index (χ4n) is 2.57. The lowest BCUT2D eigenvalue weighted by atomic mass is 10.1. The molecule has 0 radical (unpaired) electrons.